The molecule has 2 aromatic rings. The van der Waals surface area contributed by atoms with E-state index >= 15 is 0 Å². The van der Waals surface area contributed by atoms with E-state index in [0.717, 1.165) is 5.56 Å². The first kappa shape index (κ1) is 14.8. The lowest BCUT2D eigenvalue weighted by Crippen LogP contribution is -2.06. The first-order valence-corrected chi connectivity index (χ1v) is 6.68. The van der Waals surface area contributed by atoms with Crippen molar-refractivity contribution in [1.82, 2.24) is 4.98 Å². The van der Waals surface area contributed by atoms with Gasteiger partial charge in [-0.15, -0.1) is 0 Å². The topological polar surface area (TPSA) is 77.3 Å². The van der Waals surface area contributed by atoms with Gasteiger partial charge in [-0.25, -0.2) is 4.98 Å². The molecule has 1 aromatic heterocycles. The van der Waals surface area contributed by atoms with E-state index in [4.69, 9.17) is 4.74 Å². The number of nitrogens with zero attached hydrogens (tertiary/aromatic N) is 2. The third kappa shape index (κ3) is 3.47. The number of rotatable bonds is 6. The van der Waals surface area contributed by atoms with Crippen LogP contribution in [0.25, 0.3) is 0 Å². The number of nitro groups is 1. The molecular formula is C15H17N3O3. The van der Waals surface area contributed by atoms with Gasteiger partial charge in [0.2, 0.25) is 0 Å². The summed E-state index contributed by atoms with van der Waals surface area (Å²) in [5, 5.41) is 14.1. The highest BCUT2D eigenvalue weighted by molar-refractivity contribution is 5.51. The van der Waals surface area contributed by atoms with E-state index in [2.05, 4.69) is 10.3 Å². The van der Waals surface area contributed by atoms with Crippen LogP contribution in [0.2, 0.25) is 0 Å². The van der Waals surface area contributed by atoms with Crippen LogP contribution in [-0.2, 0) is 6.54 Å². The molecule has 21 heavy (non-hydrogen) atoms. The van der Waals surface area contributed by atoms with Crippen LogP contribution >= 0.6 is 0 Å². The maximum Gasteiger partial charge on any atom is 0.272 e. The van der Waals surface area contributed by atoms with E-state index in [1.807, 2.05) is 19.1 Å². The minimum absolute atomic E-state index is 0.125. The van der Waals surface area contributed by atoms with Gasteiger partial charge in [0.05, 0.1) is 11.5 Å². The van der Waals surface area contributed by atoms with Crippen molar-refractivity contribution in [2.24, 2.45) is 0 Å². The van der Waals surface area contributed by atoms with Crippen LogP contribution in [0, 0.1) is 17.0 Å². The number of ether oxygens (including phenoxy) is 1. The third-order valence-corrected chi connectivity index (χ3v) is 3.13. The normalized spacial score (nSPS) is 10.2. The second-order valence-corrected chi connectivity index (χ2v) is 4.46. The molecule has 0 saturated heterocycles. The van der Waals surface area contributed by atoms with E-state index < -0.39 is 0 Å². The van der Waals surface area contributed by atoms with Gasteiger partial charge in [-0.05, 0) is 31.5 Å². The zero-order valence-corrected chi connectivity index (χ0v) is 12.0. The van der Waals surface area contributed by atoms with Crippen molar-refractivity contribution in [2.75, 3.05) is 11.9 Å². The maximum absolute atomic E-state index is 10.9. The molecule has 110 valence electrons. The van der Waals surface area contributed by atoms with Crippen molar-refractivity contribution in [2.45, 2.75) is 20.4 Å². The lowest BCUT2D eigenvalue weighted by atomic mass is 10.1. The number of anilines is 1. The fourth-order valence-electron chi connectivity index (χ4n) is 2.03. The second kappa shape index (κ2) is 6.69. The standard InChI is InChI=1S/C15H17N3O3/c1-3-21-14-8-5-9-16-15(14)17-10-12-6-4-7-13(11(12)2)18(19)20/h4-9H,3,10H2,1-2H3,(H,16,17). The molecule has 0 amide bonds. The van der Waals surface area contributed by atoms with Crippen molar-refractivity contribution in [3.63, 3.8) is 0 Å². The lowest BCUT2D eigenvalue weighted by molar-refractivity contribution is -0.385. The number of benzene rings is 1. The summed E-state index contributed by atoms with van der Waals surface area (Å²) in [4.78, 5) is 14.8. The molecular weight excluding hydrogens is 270 g/mol. The molecule has 1 heterocycles. The van der Waals surface area contributed by atoms with Gasteiger partial charge in [-0.2, -0.15) is 0 Å². The summed E-state index contributed by atoms with van der Waals surface area (Å²) < 4.78 is 5.48. The van der Waals surface area contributed by atoms with Gasteiger partial charge in [0, 0.05) is 24.4 Å². The van der Waals surface area contributed by atoms with Gasteiger partial charge in [-0.3, -0.25) is 10.1 Å². The quantitative estimate of drug-likeness (QED) is 0.651. The molecule has 0 saturated carbocycles. The zero-order valence-electron chi connectivity index (χ0n) is 12.0. The van der Waals surface area contributed by atoms with Gasteiger partial charge in [0.25, 0.3) is 5.69 Å². The lowest BCUT2D eigenvalue weighted by Gasteiger charge is -2.12. The molecule has 0 aliphatic carbocycles. The Bertz CT molecular complexity index is 644. The van der Waals surface area contributed by atoms with Crippen LogP contribution in [-0.4, -0.2) is 16.5 Å². The van der Waals surface area contributed by atoms with Crippen LogP contribution in [0.15, 0.2) is 36.5 Å². The van der Waals surface area contributed by atoms with Crippen molar-refractivity contribution in [1.29, 1.82) is 0 Å². The predicted octanol–water partition coefficient (Wildman–Crippen LogP) is 3.31. The Kier molecular flexibility index (Phi) is 4.71. The Morgan fingerprint density at radius 1 is 1.33 bits per heavy atom. The number of nitrogens with one attached hydrogen (secondary N) is 1. The molecule has 0 aliphatic rings. The summed E-state index contributed by atoms with van der Waals surface area (Å²) in [6.45, 7) is 4.65. The number of aromatic nitrogens is 1. The molecule has 0 fully saturated rings. The highest BCUT2D eigenvalue weighted by atomic mass is 16.6. The number of nitro benzene ring substituents is 1. The average molecular weight is 287 g/mol. The van der Waals surface area contributed by atoms with Crippen molar-refractivity contribution < 1.29 is 9.66 Å². The molecule has 0 aliphatic heterocycles. The molecule has 0 bridgehead atoms. The molecule has 0 spiro atoms. The zero-order chi connectivity index (χ0) is 15.2. The fraction of sp³-hybridized carbons (Fsp3) is 0.267. The molecule has 0 radical (unpaired) electrons. The molecule has 6 nitrogen and oxygen atoms in total. The fourth-order valence-corrected chi connectivity index (χ4v) is 2.03. The highest BCUT2D eigenvalue weighted by Crippen LogP contribution is 2.24. The first-order chi connectivity index (χ1) is 10.1. The average Bonchev–Trinajstić information content (AvgIpc) is 2.47. The van der Waals surface area contributed by atoms with E-state index in [9.17, 15) is 10.1 Å². The van der Waals surface area contributed by atoms with E-state index in [0.29, 0.717) is 30.3 Å². The number of pyridine rings is 1. The van der Waals surface area contributed by atoms with Crippen molar-refractivity contribution in [3.05, 3.63) is 57.8 Å². The summed E-state index contributed by atoms with van der Waals surface area (Å²) in [6.07, 6.45) is 1.67. The SMILES string of the molecule is CCOc1cccnc1NCc1cccc([N+](=O)[O-])c1C. The van der Waals surface area contributed by atoms with Crippen LogP contribution in [0.1, 0.15) is 18.1 Å². The maximum atomic E-state index is 10.9. The first-order valence-electron chi connectivity index (χ1n) is 6.68. The number of hydrogen-bond acceptors (Lipinski definition) is 5. The monoisotopic (exact) mass is 287 g/mol. The Labute approximate surface area is 122 Å². The Balaban J connectivity index is 2.17. The Morgan fingerprint density at radius 3 is 2.86 bits per heavy atom. The minimum Gasteiger partial charge on any atom is -0.490 e. The Morgan fingerprint density at radius 2 is 2.14 bits per heavy atom. The third-order valence-electron chi connectivity index (χ3n) is 3.13. The van der Waals surface area contributed by atoms with Gasteiger partial charge >= 0.3 is 0 Å². The largest absolute Gasteiger partial charge is 0.490 e. The van der Waals surface area contributed by atoms with Crippen LogP contribution in [0.4, 0.5) is 11.5 Å². The van der Waals surface area contributed by atoms with E-state index in [-0.39, 0.29) is 10.6 Å². The highest BCUT2D eigenvalue weighted by Gasteiger charge is 2.13. The Hall–Kier alpha value is -2.63. The molecule has 1 N–H and O–H groups in total. The smallest absolute Gasteiger partial charge is 0.272 e. The summed E-state index contributed by atoms with van der Waals surface area (Å²) in [5.41, 5.74) is 1.64. The molecule has 1 aromatic carbocycles. The minimum atomic E-state index is -0.370. The van der Waals surface area contributed by atoms with E-state index in [1.54, 1.807) is 25.3 Å². The van der Waals surface area contributed by atoms with Crippen LogP contribution in [0.3, 0.4) is 0 Å². The number of hydrogen-bond donors (Lipinski definition) is 1. The van der Waals surface area contributed by atoms with Crippen LogP contribution < -0.4 is 10.1 Å². The molecule has 0 atom stereocenters. The van der Waals surface area contributed by atoms with E-state index in [1.165, 1.54) is 6.07 Å². The van der Waals surface area contributed by atoms with Gasteiger partial charge in [0.15, 0.2) is 11.6 Å². The summed E-state index contributed by atoms with van der Waals surface area (Å²) in [5.74, 6) is 1.30. The van der Waals surface area contributed by atoms with Crippen LogP contribution in [0.5, 0.6) is 5.75 Å². The van der Waals surface area contributed by atoms with Gasteiger partial charge < -0.3 is 10.1 Å². The molecule has 6 heteroatoms. The summed E-state index contributed by atoms with van der Waals surface area (Å²) in [6, 6.07) is 8.68. The van der Waals surface area contributed by atoms with Crippen molar-refractivity contribution in [3.8, 4) is 5.75 Å². The van der Waals surface area contributed by atoms with Gasteiger partial charge in [0.1, 0.15) is 0 Å². The second-order valence-electron chi connectivity index (χ2n) is 4.46. The molecule has 2 rings (SSSR count). The summed E-state index contributed by atoms with van der Waals surface area (Å²) in [7, 11) is 0. The van der Waals surface area contributed by atoms with Crippen molar-refractivity contribution >= 4 is 11.5 Å². The molecule has 0 unspecified atom stereocenters. The predicted molar refractivity (Wildman–Crippen MR) is 80.6 cm³/mol. The van der Waals surface area contributed by atoms with Gasteiger partial charge in [-0.1, -0.05) is 12.1 Å². The summed E-state index contributed by atoms with van der Waals surface area (Å²) >= 11 is 0.